The van der Waals surface area contributed by atoms with E-state index in [1.807, 2.05) is 4.90 Å². The van der Waals surface area contributed by atoms with E-state index in [9.17, 15) is 4.79 Å². The fourth-order valence-electron chi connectivity index (χ4n) is 3.18. The molecule has 1 aromatic rings. The average molecular weight is 313 g/mol. The van der Waals surface area contributed by atoms with Crippen LogP contribution in [0.1, 0.15) is 71.8 Å². The minimum absolute atomic E-state index is 0.146. The SMILES string of the molecule is CCC/C=C\CC1CCCC(=O)N1c1ccc(C(C)(C)C)cc1. The van der Waals surface area contributed by atoms with Crippen molar-refractivity contribution in [3.8, 4) is 0 Å². The molecule has 2 nitrogen and oxygen atoms in total. The summed E-state index contributed by atoms with van der Waals surface area (Å²) < 4.78 is 0. The van der Waals surface area contributed by atoms with E-state index in [4.69, 9.17) is 0 Å². The Balaban J connectivity index is 2.16. The van der Waals surface area contributed by atoms with Gasteiger partial charge in [-0.05, 0) is 48.8 Å². The molecule has 0 saturated carbocycles. The maximum absolute atomic E-state index is 12.5. The molecule has 1 aliphatic heterocycles. The Morgan fingerprint density at radius 3 is 2.48 bits per heavy atom. The number of unbranched alkanes of at least 4 members (excludes halogenated alkanes) is 1. The van der Waals surface area contributed by atoms with E-state index in [-0.39, 0.29) is 11.3 Å². The van der Waals surface area contributed by atoms with Crippen LogP contribution in [0.15, 0.2) is 36.4 Å². The van der Waals surface area contributed by atoms with Crippen molar-refractivity contribution in [1.82, 2.24) is 0 Å². The van der Waals surface area contributed by atoms with Gasteiger partial charge in [0, 0.05) is 18.2 Å². The van der Waals surface area contributed by atoms with Crippen molar-refractivity contribution >= 4 is 11.6 Å². The number of hydrogen-bond donors (Lipinski definition) is 0. The Hall–Kier alpha value is -1.57. The van der Waals surface area contributed by atoms with Crippen molar-refractivity contribution < 1.29 is 4.79 Å². The van der Waals surface area contributed by atoms with Crippen LogP contribution >= 0.6 is 0 Å². The number of nitrogens with zero attached hydrogens (tertiary/aromatic N) is 1. The van der Waals surface area contributed by atoms with E-state index < -0.39 is 0 Å². The van der Waals surface area contributed by atoms with E-state index in [1.54, 1.807) is 0 Å². The van der Waals surface area contributed by atoms with Gasteiger partial charge < -0.3 is 4.90 Å². The molecule has 1 saturated heterocycles. The fraction of sp³-hybridized carbons (Fsp3) is 0.571. The first-order chi connectivity index (χ1) is 10.9. The lowest BCUT2D eigenvalue weighted by Crippen LogP contribution is -2.43. The van der Waals surface area contributed by atoms with E-state index >= 15 is 0 Å². The molecule has 2 heteroatoms. The quantitative estimate of drug-likeness (QED) is 0.646. The van der Waals surface area contributed by atoms with Gasteiger partial charge in [-0.1, -0.05) is 58.4 Å². The molecule has 126 valence electrons. The van der Waals surface area contributed by atoms with Crippen LogP contribution in [0, 0.1) is 0 Å². The number of anilines is 1. The van der Waals surface area contributed by atoms with Gasteiger partial charge in [0.2, 0.25) is 5.91 Å². The van der Waals surface area contributed by atoms with Crippen molar-refractivity contribution in [3.05, 3.63) is 42.0 Å². The number of piperidine rings is 1. The van der Waals surface area contributed by atoms with E-state index in [1.165, 1.54) is 12.0 Å². The highest BCUT2D eigenvalue weighted by Gasteiger charge is 2.28. The summed E-state index contributed by atoms with van der Waals surface area (Å²) in [6.45, 7) is 8.84. The second kappa shape index (κ2) is 7.81. The van der Waals surface area contributed by atoms with Crippen LogP contribution in [0.3, 0.4) is 0 Å². The monoisotopic (exact) mass is 313 g/mol. The van der Waals surface area contributed by atoms with Crippen molar-refractivity contribution in [1.29, 1.82) is 0 Å². The van der Waals surface area contributed by atoms with Crippen LogP contribution in [-0.2, 0) is 10.2 Å². The summed E-state index contributed by atoms with van der Waals surface area (Å²) >= 11 is 0. The summed E-state index contributed by atoms with van der Waals surface area (Å²) in [6, 6.07) is 8.88. The lowest BCUT2D eigenvalue weighted by Gasteiger charge is -2.35. The Labute approximate surface area is 141 Å². The number of carbonyl (C=O) groups is 1. The van der Waals surface area contributed by atoms with Crippen LogP contribution in [0.4, 0.5) is 5.69 Å². The molecule has 0 aliphatic carbocycles. The third-order valence-corrected chi connectivity index (χ3v) is 4.60. The number of benzene rings is 1. The molecule has 0 spiro atoms. The van der Waals surface area contributed by atoms with Crippen molar-refractivity contribution in [3.63, 3.8) is 0 Å². The average Bonchev–Trinajstić information content (AvgIpc) is 2.51. The molecule has 0 N–H and O–H groups in total. The highest BCUT2D eigenvalue weighted by molar-refractivity contribution is 5.94. The van der Waals surface area contributed by atoms with Gasteiger partial charge in [0.15, 0.2) is 0 Å². The topological polar surface area (TPSA) is 20.3 Å². The van der Waals surface area contributed by atoms with Gasteiger partial charge in [-0.2, -0.15) is 0 Å². The zero-order chi connectivity index (χ0) is 16.9. The number of allylic oxidation sites excluding steroid dienone is 1. The smallest absolute Gasteiger partial charge is 0.227 e. The van der Waals surface area contributed by atoms with Crippen molar-refractivity contribution in [2.24, 2.45) is 0 Å². The highest BCUT2D eigenvalue weighted by Crippen LogP contribution is 2.30. The zero-order valence-corrected chi connectivity index (χ0v) is 15.1. The zero-order valence-electron chi connectivity index (χ0n) is 15.1. The standard InChI is InChI=1S/C21H31NO/c1-5-6-7-8-10-18-11-9-12-20(23)22(18)19-15-13-17(14-16-19)21(2,3)4/h7-8,13-16,18H,5-6,9-12H2,1-4H3/b8-7-. The van der Waals surface area contributed by atoms with Crippen LogP contribution in [-0.4, -0.2) is 11.9 Å². The number of rotatable bonds is 5. The van der Waals surface area contributed by atoms with Crippen LogP contribution in [0.25, 0.3) is 0 Å². The summed E-state index contributed by atoms with van der Waals surface area (Å²) in [4.78, 5) is 14.5. The first-order valence-corrected chi connectivity index (χ1v) is 9.01. The molecule has 2 rings (SSSR count). The van der Waals surface area contributed by atoms with Gasteiger partial charge in [-0.3, -0.25) is 4.79 Å². The molecule has 0 aromatic heterocycles. The van der Waals surface area contributed by atoms with Gasteiger partial charge >= 0.3 is 0 Å². The van der Waals surface area contributed by atoms with Gasteiger partial charge in [0.1, 0.15) is 0 Å². The molecule has 1 fully saturated rings. The molecule has 1 atom stereocenters. The highest BCUT2D eigenvalue weighted by atomic mass is 16.2. The Kier molecular flexibility index (Phi) is 6.04. The lowest BCUT2D eigenvalue weighted by atomic mass is 9.87. The molecule has 0 bridgehead atoms. The molecular weight excluding hydrogens is 282 g/mol. The van der Waals surface area contributed by atoms with Gasteiger partial charge in [0.05, 0.1) is 0 Å². The molecular formula is C21H31NO. The Morgan fingerprint density at radius 2 is 1.87 bits per heavy atom. The maximum atomic E-state index is 12.5. The number of amides is 1. The lowest BCUT2D eigenvalue weighted by molar-refractivity contribution is -0.120. The third-order valence-electron chi connectivity index (χ3n) is 4.60. The fourth-order valence-corrected chi connectivity index (χ4v) is 3.18. The Morgan fingerprint density at radius 1 is 1.17 bits per heavy atom. The largest absolute Gasteiger partial charge is 0.309 e. The minimum atomic E-state index is 0.146. The predicted molar refractivity (Wildman–Crippen MR) is 98.9 cm³/mol. The summed E-state index contributed by atoms with van der Waals surface area (Å²) in [5.74, 6) is 0.272. The Bertz CT molecular complexity index is 536. The van der Waals surface area contributed by atoms with Crippen molar-refractivity contribution in [2.45, 2.75) is 77.7 Å². The van der Waals surface area contributed by atoms with Crippen LogP contribution in [0.2, 0.25) is 0 Å². The van der Waals surface area contributed by atoms with E-state index in [2.05, 4.69) is 64.1 Å². The summed E-state index contributed by atoms with van der Waals surface area (Å²) in [7, 11) is 0. The first kappa shape index (κ1) is 17.8. The summed E-state index contributed by atoms with van der Waals surface area (Å²) in [6.07, 6.45) is 10.6. The van der Waals surface area contributed by atoms with E-state index in [0.29, 0.717) is 12.5 Å². The minimum Gasteiger partial charge on any atom is -0.309 e. The number of hydrogen-bond acceptors (Lipinski definition) is 1. The molecule has 1 unspecified atom stereocenters. The summed E-state index contributed by atoms with van der Waals surface area (Å²) in [5, 5.41) is 0. The normalized spacial score (nSPS) is 19.6. The van der Waals surface area contributed by atoms with Crippen LogP contribution < -0.4 is 4.90 Å². The molecule has 1 heterocycles. The molecule has 1 aromatic carbocycles. The third kappa shape index (κ3) is 4.70. The van der Waals surface area contributed by atoms with Gasteiger partial charge in [0.25, 0.3) is 0 Å². The second-order valence-electron chi connectivity index (χ2n) is 7.60. The summed E-state index contributed by atoms with van der Waals surface area (Å²) in [5.41, 5.74) is 2.51. The number of carbonyl (C=O) groups excluding carboxylic acids is 1. The molecule has 1 amide bonds. The second-order valence-corrected chi connectivity index (χ2v) is 7.60. The maximum Gasteiger partial charge on any atom is 0.227 e. The molecule has 0 radical (unpaired) electrons. The molecule has 1 aliphatic rings. The van der Waals surface area contributed by atoms with Gasteiger partial charge in [-0.15, -0.1) is 0 Å². The molecule has 23 heavy (non-hydrogen) atoms. The van der Waals surface area contributed by atoms with Crippen LogP contribution in [0.5, 0.6) is 0 Å². The van der Waals surface area contributed by atoms with Gasteiger partial charge in [-0.25, -0.2) is 0 Å². The van der Waals surface area contributed by atoms with E-state index in [0.717, 1.165) is 31.4 Å². The first-order valence-electron chi connectivity index (χ1n) is 9.01. The van der Waals surface area contributed by atoms with Crippen molar-refractivity contribution in [2.75, 3.05) is 4.90 Å². The predicted octanol–water partition coefficient (Wildman–Crippen LogP) is 5.62.